The van der Waals surface area contributed by atoms with Gasteiger partial charge in [0.2, 0.25) is 0 Å². The summed E-state index contributed by atoms with van der Waals surface area (Å²) in [5, 5.41) is 6.55. The van der Waals surface area contributed by atoms with E-state index in [2.05, 4.69) is 22.5 Å². The van der Waals surface area contributed by atoms with Crippen LogP contribution in [0.2, 0.25) is 0 Å². The van der Waals surface area contributed by atoms with Crippen molar-refractivity contribution in [1.29, 1.82) is 0 Å². The van der Waals surface area contributed by atoms with Gasteiger partial charge in [-0.05, 0) is 26.2 Å². The lowest BCUT2D eigenvalue weighted by molar-refractivity contribution is 0.0689. The minimum atomic E-state index is 0.664. The van der Waals surface area contributed by atoms with Gasteiger partial charge in [0.1, 0.15) is 0 Å². The van der Waals surface area contributed by atoms with Crippen LogP contribution in [-0.4, -0.2) is 66.2 Å². The molecular weight excluding hydrogens is 258 g/mol. The summed E-state index contributed by atoms with van der Waals surface area (Å²) in [6.07, 6.45) is 3.05. The molecule has 0 rings (SSSR count). The lowest BCUT2D eigenvalue weighted by atomic mass is 10.3. The van der Waals surface area contributed by atoms with Crippen LogP contribution in [0.1, 0.15) is 26.2 Å². The van der Waals surface area contributed by atoms with Crippen molar-refractivity contribution in [3.05, 3.63) is 0 Å². The highest BCUT2D eigenvalue weighted by Gasteiger charge is 1.96. The summed E-state index contributed by atoms with van der Waals surface area (Å²) in [5.41, 5.74) is 0. The molecule has 6 nitrogen and oxygen atoms in total. The fourth-order valence-corrected chi connectivity index (χ4v) is 1.52. The Morgan fingerprint density at radius 1 is 0.900 bits per heavy atom. The SMILES string of the molecule is CCNC(=NCCCOC)NCCCCOCCOC. The van der Waals surface area contributed by atoms with Crippen LogP contribution in [0, 0.1) is 0 Å². The Morgan fingerprint density at radius 3 is 2.40 bits per heavy atom. The van der Waals surface area contributed by atoms with Gasteiger partial charge in [0.25, 0.3) is 0 Å². The lowest BCUT2D eigenvalue weighted by Crippen LogP contribution is -2.38. The summed E-state index contributed by atoms with van der Waals surface area (Å²) >= 11 is 0. The van der Waals surface area contributed by atoms with Crippen LogP contribution in [0.15, 0.2) is 4.99 Å². The van der Waals surface area contributed by atoms with Crippen LogP contribution in [0.4, 0.5) is 0 Å². The fourth-order valence-electron chi connectivity index (χ4n) is 1.52. The number of guanidine groups is 1. The van der Waals surface area contributed by atoms with E-state index in [0.29, 0.717) is 13.2 Å². The third-order valence-corrected chi connectivity index (χ3v) is 2.56. The molecular formula is C14H31N3O3. The predicted octanol–water partition coefficient (Wildman–Crippen LogP) is 1.02. The van der Waals surface area contributed by atoms with Crippen molar-refractivity contribution < 1.29 is 14.2 Å². The van der Waals surface area contributed by atoms with Crippen LogP contribution in [0.3, 0.4) is 0 Å². The molecule has 0 radical (unpaired) electrons. The Hall–Kier alpha value is -0.850. The molecule has 0 unspecified atom stereocenters. The van der Waals surface area contributed by atoms with Crippen molar-refractivity contribution >= 4 is 5.96 Å². The number of methoxy groups -OCH3 is 2. The van der Waals surface area contributed by atoms with E-state index in [-0.39, 0.29) is 0 Å². The summed E-state index contributed by atoms with van der Waals surface area (Å²) in [6.45, 7) is 7.50. The number of hydrogen-bond donors (Lipinski definition) is 2. The quantitative estimate of drug-likeness (QED) is 0.301. The fraction of sp³-hybridized carbons (Fsp3) is 0.929. The molecule has 0 saturated carbocycles. The van der Waals surface area contributed by atoms with Gasteiger partial charge in [-0.15, -0.1) is 0 Å². The van der Waals surface area contributed by atoms with Gasteiger partial charge in [0.05, 0.1) is 13.2 Å². The van der Waals surface area contributed by atoms with Gasteiger partial charge in [0, 0.05) is 47.1 Å². The maximum absolute atomic E-state index is 5.41. The van der Waals surface area contributed by atoms with Gasteiger partial charge in [-0.25, -0.2) is 0 Å². The van der Waals surface area contributed by atoms with E-state index in [0.717, 1.165) is 58.1 Å². The van der Waals surface area contributed by atoms with E-state index in [1.54, 1.807) is 14.2 Å². The summed E-state index contributed by atoms with van der Waals surface area (Å²) in [4.78, 5) is 4.48. The number of aliphatic imine (C=N–C) groups is 1. The maximum atomic E-state index is 5.41. The molecule has 0 aliphatic heterocycles. The second kappa shape index (κ2) is 16.2. The number of hydrogen-bond acceptors (Lipinski definition) is 4. The van der Waals surface area contributed by atoms with Crippen LogP contribution < -0.4 is 10.6 Å². The van der Waals surface area contributed by atoms with Gasteiger partial charge in [-0.1, -0.05) is 0 Å². The first kappa shape index (κ1) is 19.1. The first-order valence-electron chi connectivity index (χ1n) is 7.43. The smallest absolute Gasteiger partial charge is 0.191 e. The molecule has 0 aromatic heterocycles. The van der Waals surface area contributed by atoms with E-state index in [9.17, 15) is 0 Å². The monoisotopic (exact) mass is 289 g/mol. The minimum Gasteiger partial charge on any atom is -0.385 e. The molecule has 0 heterocycles. The number of nitrogens with zero attached hydrogens (tertiary/aromatic N) is 1. The molecule has 0 aliphatic carbocycles. The molecule has 0 saturated heterocycles. The Kier molecular flexibility index (Phi) is 15.5. The van der Waals surface area contributed by atoms with Crippen molar-refractivity contribution in [1.82, 2.24) is 10.6 Å². The van der Waals surface area contributed by atoms with Gasteiger partial charge in [0.15, 0.2) is 5.96 Å². The average molecular weight is 289 g/mol. The topological polar surface area (TPSA) is 64.1 Å². The summed E-state index contributed by atoms with van der Waals surface area (Å²) < 4.78 is 15.3. The van der Waals surface area contributed by atoms with Crippen LogP contribution in [0.25, 0.3) is 0 Å². The first-order valence-corrected chi connectivity index (χ1v) is 7.43. The predicted molar refractivity (Wildman–Crippen MR) is 82.4 cm³/mol. The molecule has 2 N–H and O–H groups in total. The summed E-state index contributed by atoms with van der Waals surface area (Å²) in [6, 6.07) is 0. The largest absolute Gasteiger partial charge is 0.385 e. The highest BCUT2D eigenvalue weighted by molar-refractivity contribution is 5.79. The second-order valence-corrected chi connectivity index (χ2v) is 4.35. The van der Waals surface area contributed by atoms with E-state index < -0.39 is 0 Å². The standard InChI is InChI=1S/C14H31N3O3/c1-4-15-14(17-9-7-10-18-2)16-8-5-6-11-20-13-12-19-3/h4-13H2,1-3H3,(H2,15,16,17). The van der Waals surface area contributed by atoms with Gasteiger partial charge < -0.3 is 24.8 Å². The van der Waals surface area contributed by atoms with Crippen LogP contribution >= 0.6 is 0 Å². The second-order valence-electron chi connectivity index (χ2n) is 4.35. The molecule has 0 aromatic rings. The molecule has 0 aromatic carbocycles. The number of unbranched alkanes of at least 4 members (excludes halogenated alkanes) is 1. The van der Waals surface area contributed by atoms with Crippen LogP contribution in [-0.2, 0) is 14.2 Å². The van der Waals surface area contributed by atoms with Crippen molar-refractivity contribution in [2.75, 3.05) is 60.3 Å². The third-order valence-electron chi connectivity index (χ3n) is 2.56. The van der Waals surface area contributed by atoms with Gasteiger partial charge in [-0.2, -0.15) is 0 Å². The Balaban J connectivity index is 3.54. The Morgan fingerprint density at radius 2 is 1.70 bits per heavy atom. The summed E-state index contributed by atoms with van der Waals surface area (Å²) in [7, 11) is 3.39. The zero-order valence-electron chi connectivity index (χ0n) is 13.2. The number of rotatable bonds is 13. The zero-order chi connectivity index (χ0) is 14.9. The average Bonchev–Trinajstić information content (AvgIpc) is 2.46. The molecule has 0 aliphatic rings. The molecule has 0 atom stereocenters. The molecule has 120 valence electrons. The lowest BCUT2D eigenvalue weighted by Gasteiger charge is -2.11. The van der Waals surface area contributed by atoms with E-state index in [4.69, 9.17) is 14.2 Å². The van der Waals surface area contributed by atoms with Crippen molar-refractivity contribution in [3.8, 4) is 0 Å². The normalized spacial score (nSPS) is 11.7. The molecule has 20 heavy (non-hydrogen) atoms. The van der Waals surface area contributed by atoms with Crippen LogP contribution in [0.5, 0.6) is 0 Å². The highest BCUT2D eigenvalue weighted by Crippen LogP contribution is 1.89. The Labute approximate surface area is 123 Å². The third kappa shape index (κ3) is 13.6. The van der Waals surface area contributed by atoms with Crippen molar-refractivity contribution in [2.45, 2.75) is 26.2 Å². The maximum Gasteiger partial charge on any atom is 0.191 e. The highest BCUT2D eigenvalue weighted by atomic mass is 16.5. The minimum absolute atomic E-state index is 0.664. The molecule has 0 fully saturated rings. The first-order chi connectivity index (χ1) is 9.85. The summed E-state index contributed by atoms with van der Waals surface area (Å²) in [5.74, 6) is 0.879. The van der Waals surface area contributed by atoms with E-state index >= 15 is 0 Å². The van der Waals surface area contributed by atoms with Gasteiger partial charge in [-0.3, -0.25) is 4.99 Å². The van der Waals surface area contributed by atoms with E-state index in [1.165, 1.54) is 0 Å². The molecule has 0 spiro atoms. The van der Waals surface area contributed by atoms with Gasteiger partial charge >= 0.3 is 0 Å². The van der Waals surface area contributed by atoms with Crippen molar-refractivity contribution in [2.24, 2.45) is 4.99 Å². The molecule has 0 amide bonds. The number of nitrogens with one attached hydrogen (secondary N) is 2. The van der Waals surface area contributed by atoms with Crippen molar-refractivity contribution in [3.63, 3.8) is 0 Å². The molecule has 6 heteroatoms. The number of ether oxygens (including phenoxy) is 3. The van der Waals surface area contributed by atoms with E-state index in [1.807, 2.05) is 0 Å². The molecule has 0 bridgehead atoms. The zero-order valence-corrected chi connectivity index (χ0v) is 13.2. The Bertz CT molecular complexity index is 226.